The standard InChI is InChI=1S/C12H20ClN3O/c1-3-11-9-12(16-10(2)15-11)14-6-4-7-17-8-5-13/h9H,3-8H2,1-2H3,(H,14,15,16). The van der Waals surface area contributed by atoms with Crippen molar-refractivity contribution in [3.63, 3.8) is 0 Å². The second-order valence-corrected chi connectivity index (χ2v) is 4.10. The Morgan fingerprint density at radius 3 is 2.88 bits per heavy atom. The normalized spacial score (nSPS) is 10.5. The molecular weight excluding hydrogens is 238 g/mol. The first-order chi connectivity index (χ1) is 8.26. The van der Waals surface area contributed by atoms with Gasteiger partial charge in [0, 0.05) is 30.8 Å². The minimum absolute atomic E-state index is 0.554. The first-order valence-electron chi connectivity index (χ1n) is 5.98. The van der Waals surface area contributed by atoms with Crippen molar-refractivity contribution in [3.05, 3.63) is 17.6 Å². The Bertz CT molecular complexity index is 334. The van der Waals surface area contributed by atoms with Crippen molar-refractivity contribution in [2.75, 3.05) is 31.0 Å². The van der Waals surface area contributed by atoms with Crippen LogP contribution in [0, 0.1) is 6.92 Å². The Morgan fingerprint density at radius 2 is 2.18 bits per heavy atom. The van der Waals surface area contributed by atoms with E-state index in [2.05, 4.69) is 22.2 Å². The number of hydrogen-bond acceptors (Lipinski definition) is 4. The molecule has 5 heteroatoms. The van der Waals surface area contributed by atoms with E-state index in [4.69, 9.17) is 16.3 Å². The third kappa shape index (κ3) is 5.84. The maximum Gasteiger partial charge on any atom is 0.129 e. The smallest absolute Gasteiger partial charge is 0.129 e. The summed E-state index contributed by atoms with van der Waals surface area (Å²) >= 11 is 5.50. The van der Waals surface area contributed by atoms with E-state index < -0.39 is 0 Å². The molecule has 0 fully saturated rings. The lowest BCUT2D eigenvalue weighted by Gasteiger charge is -2.07. The van der Waals surface area contributed by atoms with E-state index in [0.29, 0.717) is 12.5 Å². The molecule has 1 heterocycles. The van der Waals surface area contributed by atoms with Gasteiger partial charge in [0.25, 0.3) is 0 Å². The lowest BCUT2D eigenvalue weighted by Crippen LogP contribution is -2.09. The summed E-state index contributed by atoms with van der Waals surface area (Å²) in [6, 6.07) is 1.99. The molecule has 0 spiro atoms. The highest BCUT2D eigenvalue weighted by Crippen LogP contribution is 2.07. The third-order valence-electron chi connectivity index (χ3n) is 2.25. The summed E-state index contributed by atoms with van der Waals surface area (Å²) in [7, 11) is 0. The minimum atomic E-state index is 0.554. The minimum Gasteiger partial charge on any atom is -0.380 e. The zero-order valence-electron chi connectivity index (χ0n) is 10.5. The first kappa shape index (κ1) is 14.2. The molecule has 0 aliphatic heterocycles. The van der Waals surface area contributed by atoms with Crippen molar-refractivity contribution in [2.45, 2.75) is 26.7 Å². The highest BCUT2D eigenvalue weighted by atomic mass is 35.5. The van der Waals surface area contributed by atoms with Crippen molar-refractivity contribution in [2.24, 2.45) is 0 Å². The zero-order chi connectivity index (χ0) is 12.5. The monoisotopic (exact) mass is 257 g/mol. The molecule has 0 saturated carbocycles. The molecule has 0 aliphatic carbocycles. The molecular formula is C12H20ClN3O. The summed E-state index contributed by atoms with van der Waals surface area (Å²) in [6.07, 6.45) is 1.87. The highest BCUT2D eigenvalue weighted by molar-refractivity contribution is 6.17. The predicted octanol–water partition coefficient (Wildman–Crippen LogP) is 2.40. The summed E-state index contributed by atoms with van der Waals surface area (Å²) in [6.45, 7) is 6.19. The molecule has 0 saturated heterocycles. The summed E-state index contributed by atoms with van der Waals surface area (Å²) in [5.74, 6) is 2.26. The van der Waals surface area contributed by atoms with E-state index in [-0.39, 0.29) is 0 Å². The number of aromatic nitrogens is 2. The van der Waals surface area contributed by atoms with Crippen LogP contribution >= 0.6 is 11.6 Å². The Hall–Kier alpha value is -0.870. The number of alkyl halides is 1. The van der Waals surface area contributed by atoms with E-state index in [9.17, 15) is 0 Å². The molecule has 4 nitrogen and oxygen atoms in total. The Kier molecular flexibility index (Phi) is 6.89. The maximum absolute atomic E-state index is 5.50. The number of nitrogens with one attached hydrogen (secondary N) is 1. The van der Waals surface area contributed by atoms with Gasteiger partial charge in [0.05, 0.1) is 6.61 Å². The van der Waals surface area contributed by atoms with Gasteiger partial charge in [-0.15, -0.1) is 11.6 Å². The van der Waals surface area contributed by atoms with E-state index in [1.807, 2.05) is 13.0 Å². The van der Waals surface area contributed by atoms with Crippen LogP contribution in [0.4, 0.5) is 5.82 Å². The van der Waals surface area contributed by atoms with Crippen LogP contribution in [0.15, 0.2) is 6.07 Å². The number of halogens is 1. The lowest BCUT2D eigenvalue weighted by atomic mass is 10.3. The number of rotatable bonds is 8. The van der Waals surface area contributed by atoms with Gasteiger partial charge in [0.2, 0.25) is 0 Å². The van der Waals surface area contributed by atoms with Gasteiger partial charge >= 0.3 is 0 Å². The van der Waals surface area contributed by atoms with Gasteiger partial charge < -0.3 is 10.1 Å². The molecule has 1 rings (SSSR count). The second-order valence-electron chi connectivity index (χ2n) is 3.73. The number of anilines is 1. The molecule has 0 unspecified atom stereocenters. The number of hydrogen-bond donors (Lipinski definition) is 1. The fourth-order valence-electron chi connectivity index (χ4n) is 1.45. The molecule has 1 aromatic rings. The Labute approximate surface area is 108 Å². The van der Waals surface area contributed by atoms with Crippen LogP contribution < -0.4 is 5.32 Å². The fraction of sp³-hybridized carbons (Fsp3) is 0.667. The van der Waals surface area contributed by atoms with Crippen LogP contribution in [-0.4, -0.2) is 35.6 Å². The van der Waals surface area contributed by atoms with Crippen LogP contribution in [-0.2, 0) is 11.2 Å². The van der Waals surface area contributed by atoms with E-state index in [1.54, 1.807) is 0 Å². The number of nitrogens with zero attached hydrogens (tertiary/aromatic N) is 2. The van der Waals surface area contributed by atoms with Crippen LogP contribution in [0.3, 0.4) is 0 Å². The van der Waals surface area contributed by atoms with E-state index in [1.165, 1.54) is 0 Å². The van der Waals surface area contributed by atoms with Gasteiger partial charge in [-0.1, -0.05) is 6.92 Å². The van der Waals surface area contributed by atoms with Gasteiger partial charge in [-0.2, -0.15) is 0 Å². The quantitative estimate of drug-likeness (QED) is 0.574. The average Bonchev–Trinajstić information content (AvgIpc) is 2.33. The van der Waals surface area contributed by atoms with Crippen LogP contribution in [0.5, 0.6) is 0 Å². The van der Waals surface area contributed by atoms with Crippen molar-refractivity contribution in [3.8, 4) is 0 Å². The van der Waals surface area contributed by atoms with E-state index in [0.717, 1.165) is 43.3 Å². The molecule has 96 valence electrons. The highest BCUT2D eigenvalue weighted by Gasteiger charge is 1.99. The molecule has 0 amide bonds. The zero-order valence-corrected chi connectivity index (χ0v) is 11.3. The topological polar surface area (TPSA) is 47.0 Å². The van der Waals surface area contributed by atoms with Crippen LogP contribution in [0.1, 0.15) is 24.9 Å². The molecule has 1 N–H and O–H groups in total. The molecule has 0 radical (unpaired) electrons. The van der Waals surface area contributed by atoms with Gasteiger partial charge in [-0.3, -0.25) is 0 Å². The number of ether oxygens (including phenoxy) is 1. The SMILES string of the molecule is CCc1cc(NCCCOCCCl)nc(C)n1. The van der Waals surface area contributed by atoms with Crippen molar-refractivity contribution in [1.82, 2.24) is 9.97 Å². The summed E-state index contributed by atoms with van der Waals surface area (Å²) < 4.78 is 5.28. The molecule has 0 atom stereocenters. The van der Waals surface area contributed by atoms with Crippen LogP contribution in [0.2, 0.25) is 0 Å². The summed E-state index contributed by atoms with van der Waals surface area (Å²) in [4.78, 5) is 8.66. The van der Waals surface area contributed by atoms with Crippen molar-refractivity contribution in [1.29, 1.82) is 0 Å². The lowest BCUT2D eigenvalue weighted by molar-refractivity contribution is 0.149. The Morgan fingerprint density at radius 1 is 1.35 bits per heavy atom. The molecule has 0 aliphatic rings. The van der Waals surface area contributed by atoms with Crippen molar-refractivity contribution < 1.29 is 4.74 Å². The Balaban J connectivity index is 2.28. The maximum atomic E-state index is 5.50. The van der Waals surface area contributed by atoms with Gasteiger partial charge in [-0.05, 0) is 19.8 Å². The third-order valence-corrected chi connectivity index (χ3v) is 2.40. The van der Waals surface area contributed by atoms with Gasteiger partial charge in [0.1, 0.15) is 11.6 Å². The molecule has 17 heavy (non-hydrogen) atoms. The van der Waals surface area contributed by atoms with Crippen molar-refractivity contribution >= 4 is 17.4 Å². The number of aryl methyl sites for hydroxylation is 2. The predicted molar refractivity (Wildman–Crippen MR) is 70.8 cm³/mol. The van der Waals surface area contributed by atoms with E-state index >= 15 is 0 Å². The molecule has 1 aromatic heterocycles. The largest absolute Gasteiger partial charge is 0.380 e. The molecule has 0 bridgehead atoms. The second kappa shape index (κ2) is 8.25. The fourth-order valence-corrected chi connectivity index (χ4v) is 1.56. The van der Waals surface area contributed by atoms with Gasteiger partial charge in [0.15, 0.2) is 0 Å². The summed E-state index contributed by atoms with van der Waals surface area (Å²) in [5.41, 5.74) is 1.07. The first-order valence-corrected chi connectivity index (χ1v) is 6.52. The van der Waals surface area contributed by atoms with Gasteiger partial charge in [-0.25, -0.2) is 9.97 Å². The molecule has 0 aromatic carbocycles. The van der Waals surface area contributed by atoms with Crippen LogP contribution in [0.25, 0.3) is 0 Å². The average molecular weight is 258 g/mol. The summed E-state index contributed by atoms with van der Waals surface area (Å²) in [5, 5.41) is 3.27.